The van der Waals surface area contributed by atoms with Gasteiger partial charge in [-0.05, 0) is 68.2 Å². The molecular weight excluding hydrogens is 366 g/mol. The summed E-state index contributed by atoms with van der Waals surface area (Å²) in [4.78, 5) is 14.7. The molecule has 0 spiro atoms. The first-order valence-corrected chi connectivity index (χ1v) is 10.8. The number of esters is 1. The highest BCUT2D eigenvalue weighted by Crippen LogP contribution is 2.56. The van der Waals surface area contributed by atoms with Crippen LogP contribution in [0.3, 0.4) is 0 Å². The fraction of sp³-hybridized carbons (Fsp3) is 0.625. The minimum Gasteiger partial charge on any atom is -0.508 e. The van der Waals surface area contributed by atoms with Crippen molar-refractivity contribution in [2.45, 2.75) is 51.2 Å². The highest BCUT2D eigenvalue weighted by atomic mass is 16.6. The molecule has 2 unspecified atom stereocenters. The average molecular weight is 400 g/mol. The summed E-state index contributed by atoms with van der Waals surface area (Å²) in [6.45, 7) is 7.72. The molecule has 1 aromatic rings. The molecule has 2 aliphatic carbocycles. The van der Waals surface area contributed by atoms with Gasteiger partial charge in [0.2, 0.25) is 0 Å². The van der Waals surface area contributed by atoms with Crippen LogP contribution in [0.4, 0.5) is 0 Å². The Morgan fingerprint density at radius 3 is 2.79 bits per heavy atom. The Morgan fingerprint density at radius 1 is 1.34 bits per heavy atom. The second-order valence-corrected chi connectivity index (χ2v) is 9.73. The van der Waals surface area contributed by atoms with Gasteiger partial charge < -0.3 is 19.8 Å². The van der Waals surface area contributed by atoms with Gasteiger partial charge in [0.25, 0.3) is 0 Å². The summed E-state index contributed by atoms with van der Waals surface area (Å²) in [5, 5.41) is 19.9. The van der Waals surface area contributed by atoms with Crippen molar-refractivity contribution in [3.8, 4) is 5.75 Å². The van der Waals surface area contributed by atoms with E-state index in [2.05, 4.69) is 13.5 Å². The van der Waals surface area contributed by atoms with Crippen LogP contribution >= 0.6 is 0 Å². The van der Waals surface area contributed by atoms with Crippen LogP contribution in [0, 0.1) is 23.2 Å². The van der Waals surface area contributed by atoms with Crippen LogP contribution in [0.5, 0.6) is 5.75 Å². The summed E-state index contributed by atoms with van der Waals surface area (Å²) in [7, 11) is 1.94. The molecule has 0 aromatic heterocycles. The number of nitrogens with zero attached hydrogens (tertiary/aromatic N) is 1. The molecule has 4 rings (SSSR count). The van der Waals surface area contributed by atoms with Crippen molar-refractivity contribution in [3.05, 3.63) is 42.0 Å². The second kappa shape index (κ2) is 7.77. The van der Waals surface area contributed by atoms with E-state index < -0.39 is 6.10 Å². The lowest BCUT2D eigenvalue weighted by molar-refractivity contribution is -0.146. The van der Waals surface area contributed by atoms with Crippen molar-refractivity contribution in [2.24, 2.45) is 23.2 Å². The maximum Gasteiger partial charge on any atom is 0.310 e. The van der Waals surface area contributed by atoms with Gasteiger partial charge in [0.05, 0.1) is 12.0 Å². The van der Waals surface area contributed by atoms with Crippen LogP contribution in [0.2, 0.25) is 0 Å². The Kier molecular flexibility index (Phi) is 5.47. The van der Waals surface area contributed by atoms with Gasteiger partial charge in [-0.2, -0.15) is 0 Å². The number of likely N-dealkylation sites (N-methyl/N-ethyl adjacent to an activating group) is 1. The van der Waals surface area contributed by atoms with Crippen molar-refractivity contribution >= 4 is 5.97 Å². The maximum atomic E-state index is 12.7. The van der Waals surface area contributed by atoms with E-state index in [1.165, 1.54) is 18.4 Å². The minimum atomic E-state index is -0.665. The molecule has 0 bridgehead atoms. The third-order valence-electron chi connectivity index (χ3n) is 7.59. The lowest BCUT2D eigenvalue weighted by Crippen LogP contribution is -2.45. The zero-order chi connectivity index (χ0) is 20.8. The first kappa shape index (κ1) is 20.4. The number of hydrogen-bond acceptors (Lipinski definition) is 5. The molecule has 158 valence electrons. The Bertz CT molecular complexity index is 776. The molecule has 2 N–H and O–H groups in total. The van der Waals surface area contributed by atoms with E-state index in [1.807, 2.05) is 11.9 Å². The fourth-order valence-electron chi connectivity index (χ4n) is 5.97. The fourth-order valence-corrected chi connectivity index (χ4v) is 5.97. The number of carbonyl (C=O) groups excluding carboxylic acids is 1. The van der Waals surface area contributed by atoms with E-state index in [0.29, 0.717) is 19.0 Å². The Balaban J connectivity index is 1.41. The van der Waals surface area contributed by atoms with Crippen LogP contribution in [0.1, 0.15) is 50.7 Å². The van der Waals surface area contributed by atoms with Crippen molar-refractivity contribution in [1.82, 2.24) is 4.90 Å². The van der Waals surface area contributed by atoms with E-state index in [0.717, 1.165) is 24.8 Å². The topological polar surface area (TPSA) is 70.0 Å². The summed E-state index contributed by atoms with van der Waals surface area (Å²) in [6.07, 6.45) is 4.79. The van der Waals surface area contributed by atoms with E-state index >= 15 is 0 Å². The summed E-state index contributed by atoms with van der Waals surface area (Å²) in [5.41, 5.74) is 2.33. The number of aliphatic hydroxyl groups is 1. The molecule has 2 saturated carbocycles. The first-order valence-electron chi connectivity index (χ1n) is 10.8. The number of fused-ring (bicyclic) bond motifs is 2. The number of carbonyl (C=O) groups is 1. The molecule has 1 aliphatic heterocycles. The number of allylic oxidation sites excluding steroid dienone is 1. The average Bonchev–Trinajstić information content (AvgIpc) is 2.94. The SMILES string of the molecule is C=C1CCC[C@]2(C)C[C@H]3OC(=O)C(CN(C)CC(O)c4ccc(O)cc4)[C@H]3C[C@@H]12. The number of rotatable bonds is 5. The van der Waals surface area contributed by atoms with Crippen LogP contribution in [0.25, 0.3) is 0 Å². The number of aromatic hydroxyl groups is 1. The van der Waals surface area contributed by atoms with Gasteiger partial charge in [-0.1, -0.05) is 31.2 Å². The summed E-state index contributed by atoms with van der Waals surface area (Å²) in [6, 6.07) is 6.61. The Labute approximate surface area is 173 Å². The lowest BCUT2D eigenvalue weighted by atomic mass is 9.55. The number of ether oxygens (including phenoxy) is 1. The molecule has 1 heterocycles. The van der Waals surface area contributed by atoms with Crippen molar-refractivity contribution in [1.29, 1.82) is 0 Å². The number of hydrogen-bond donors (Lipinski definition) is 2. The zero-order valence-electron chi connectivity index (χ0n) is 17.5. The third kappa shape index (κ3) is 3.95. The summed E-state index contributed by atoms with van der Waals surface area (Å²) >= 11 is 0. The molecule has 1 saturated heterocycles. The molecule has 5 nitrogen and oxygen atoms in total. The van der Waals surface area contributed by atoms with Crippen molar-refractivity contribution in [2.75, 3.05) is 20.1 Å². The molecular formula is C24H33NO4. The molecule has 0 radical (unpaired) electrons. The van der Waals surface area contributed by atoms with Crippen molar-refractivity contribution < 1.29 is 19.7 Å². The Hall–Kier alpha value is -1.85. The minimum absolute atomic E-state index is 0.0232. The first-order chi connectivity index (χ1) is 13.8. The standard InChI is InChI=1S/C24H33NO4/c1-15-5-4-10-24(2)12-22-18(11-20(15)24)19(23(28)29-22)13-25(3)14-21(27)16-6-8-17(26)9-7-16/h6-9,18-22,26-27H,1,4-5,10-14H2,2-3H3/t18-,19?,20+,21?,22-,24-/m1/s1. The maximum absolute atomic E-state index is 12.7. The normalized spacial score (nSPS) is 35.2. The largest absolute Gasteiger partial charge is 0.508 e. The Morgan fingerprint density at radius 2 is 2.07 bits per heavy atom. The predicted molar refractivity (Wildman–Crippen MR) is 111 cm³/mol. The van der Waals surface area contributed by atoms with E-state index in [1.54, 1.807) is 24.3 Å². The molecule has 5 heteroatoms. The summed E-state index contributed by atoms with van der Waals surface area (Å²) in [5.74, 6) is 0.684. The monoisotopic (exact) mass is 399 g/mol. The number of aliphatic hydroxyl groups excluding tert-OH is 1. The van der Waals surface area contributed by atoms with Crippen LogP contribution in [-0.4, -0.2) is 47.3 Å². The van der Waals surface area contributed by atoms with Gasteiger partial charge in [-0.25, -0.2) is 0 Å². The van der Waals surface area contributed by atoms with Gasteiger partial charge in [-0.15, -0.1) is 0 Å². The molecule has 3 aliphatic rings. The smallest absolute Gasteiger partial charge is 0.310 e. The van der Waals surface area contributed by atoms with Gasteiger partial charge in [0.15, 0.2) is 0 Å². The highest BCUT2D eigenvalue weighted by molar-refractivity contribution is 5.75. The van der Waals surface area contributed by atoms with Gasteiger partial charge >= 0.3 is 5.97 Å². The van der Waals surface area contributed by atoms with E-state index in [4.69, 9.17) is 4.74 Å². The number of benzene rings is 1. The highest BCUT2D eigenvalue weighted by Gasteiger charge is 2.55. The van der Waals surface area contributed by atoms with Crippen LogP contribution in [-0.2, 0) is 9.53 Å². The molecule has 6 atom stereocenters. The van der Waals surface area contributed by atoms with Crippen molar-refractivity contribution in [3.63, 3.8) is 0 Å². The van der Waals surface area contributed by atoms with E-state index in [9.17, 15) is 15.0 Å². The lowest BCUT2D eigenvalue weighted by Gasteiger charge is -2.50. The van der Waals surface area contributed by atoms with Gasteiger partial charge in [-0.3, -0.25) is 4.79 Å². The predicted octanol–water partition coefficient (Wildman–Crippen LogP) is 3.67. The van der Waals surface area contributed by atoms with Gasteiger partial charge in [0, 0.05) is 19.0 Å². The quantitative estimate of drug-likeness (QED) is 0.584. The number of phenols is 1. The summed E-state index contributed by atoms with van der Waals surface area (Å²) < 4.78 is 5.85. The van der Waals surface area contributed by atoms with Crippen LogP contribution < -0.4 is 0 Å². The molecule has 0 amide bonds. The molecule has 1 aromatic carbocycles. The second-order valence-electron chi connectivity index (χ2n) is 9.73. The van der Waals surface area contributed by atoms with Gasteiger partial charge in [0.1, 0.15) is 11.9 Å². The zero-order valence-corrected chi connectivity index (χ0v) is 17.5. The molecule has 3 fully saturated rings. The van der Waals surface area contributed by atoms with E-state index in [-0.39, 0.29) is 35.1 Å². The number of phenolic OH excluding ortho intramolecular Hbond substituents is 1. The van der Waals surface area contributed by atoms with Crippen LogP contribution in [0.15, 0.2) is 36.4 Å². The molecule has 29 heavy (non-hydrogen) atoms. The third-order valence-corrected chi connectivity index (χ3v) is 7.59.